The number of hydrogen-bond donors (Lipinski definition) is 2. The number of ether oxygens (including phenoxy) is 1. The Morgan fingerprint density at radius 3 is 2.69 bits per heavy atom. The van der Waals surface area contributed by atoms with Gasteiger partial charge in [-0.2, -0.15) is 0 Å². The Kier molecular flexibility index (Phi) is 6.18. The van der Waals surface area contributed by atoms with Gasteiger partial charge in [-0.1, -0.05) is 12.2 Å². The average Bonchev–Trinajstić information content (AvgIpc) is 2.03. The van der Waals surface area contributed by atoms with Gasteiger partial charge in [0, 0.05) is 14.0 Å². The standard InChI is InChI=1S/C9H17NO3/c1-4-5-9(12)8(6-13-3)10-7(2)11/h4-5,8-9,12H,6H2,1-3H3,(H,10,11). The number of aliphatic hydroxyl groups excluding tert-OH is 1. The number of amides is 1. The zero-order chi connectivity index (χ0) is 10.3. The van der Waals surface area contributed by atoms with E-state index in [1.165, 1.54) is 14.0 Å². The number of carbonyl (C=O) groups is 1. The molecule has 4 heteroatoms. The fourth-order valence-corrected chi connectivity index (χ4v) is 0.998. The van der Waals surface area contributed by atoms with Gasteiger partial charge in [-0.05, 0) is 6.92 Å². The van der Waals surface area contributed by atoms with E-state index >= 15 is 0 Å². The molecule has 0 aromatic rings. The first-order valence-corrected chi connectivity index (χ1v) is 4.18. The number of aliphatic hydroxyl groups is 1. The molecule has 13 heavy (non-hydrogen) atoms. The van der Waals surface area contributed by atoms with Gasteiger partial charge in [0.2, 0.25) is 5.91 Å². The van der Waals surface area contributed by atoms with Crippen LogP contribution in [0.3, 0.4) is 0 Å². The quantitative estimate of drug-likeness (QED) is 0.599. The Balaban J connectivity index is 4.13. The summed E-state index contributed by atoms with van der Waals surface area (Å²) in [4.78, 5) is 10.7. The second-order valence-corrected chi connectivity index (χ2v) is 2.78. The molecule has 0 aromatic heterocycles. The SMILES string of the molecule is CC=CC(O)C(COC)NC(C)=O. The summed E-state index contributed by atoms with van der Waals surface area (Å²) < 4.78 is 4.86. The van der Waals surface area contributed by atoms with Gasteiger partial charge >= 0.3 is 0 Å². The number of hydrogen-bond acceptors (Lipinski definition) is 3. The molecule has 0 aliphatic heterocycles. The summed E-state index contributed by atoms with van der Waals surface area (Å²) >= 11 is 0. The number of nitrogens with one attached hydrogen (secondary N) is 1. The van der Waals surface area contributed by atoms with Crippen molar-refractivity contribution in [3.8, 4) is 0 Å². The Morgan fingerprint density at radius 2 is 2.31 bits per heavy atom. The average molecular weight is 187 g/mol. The third kappa shape index (κ3) is 5.38. The van der Waals surface area contributed by atoms with Crippen molar-refractivity contribution >= 4 is 5.91 Å². The van der Waals surface area contributed by atoms with Gasteiger partial charge in [0.05, 0.1) is 18.8 Å². The van der Waals surface area contributed by atoms with Crippen molar-refractivity contribution < 1.29 is 14.6 Å². The summed E-state index contributed by atoms with van der Waals surface area (Å²) in [6, 6.07) is -0.376. The van der Waals surface area contributed by atoms with Crippen molar-refractivity contribution in [2.45, 2.75) is 26.0 Å². The maximum atomic E-state index is 10.7. The van der Waals surface area contributed by atoms with E-state index in [1.807, 2.05) is 0 Å². The molecule has 1 amide bonds. The molecule has 0 fully saturated rings. The van der Waals surface area contributed by atoms with Gasteiger partial charge in [0.1, 0.15) is 0 Å². The van der Waals surface area contributed by atoms with Crippen LogP contribution in [-0.2, 0) is 9.53 Å². The van der Waals surface area contributed by atoms with Gasteiger partial charge in [-0.15, -0.1) is 0 Å². The largest absolute Gasteiger partial charge is 0.387 e. The molecule has 2 atom stereocenters. The fraction of sp³-hybridized carbons (Fsp3) is 0.667. The van der Waals surface area contributed by atoms with Crippen molar-refractivity contribution in [1.29, 1.82) is 0 Å². The summed E-state index contributed by atoms with van der Waals surface area (Å²) in [5.74, 6) is -0.175. The van der Waals surface area contributed by atoms with Crippen molar-refractivity contribution in [3.05, 3.63) is 12.2 Å². The molecule has 0 aliphatic carbocycles. The van der Waals surface area contributed by atoms with Crippen LogP contribution in [0.5, 0.6) is 0 Å². The molecule has 2 N–H and O–H groups in total. The number of allylic oxidation sites excluding steroid dienone is 1. The van der Waals surface area contributed by atoms with E-state index in [1.54, 1.807) is 19.1 Å². The Hall–Kier alpha value is -0.870. The third-order valence-corrected chi connectivity index (χ3v) is 1.54. The van der Waals surface area contributed by atoms with E-state index in [9.17, 15) is 9.90 Å². The van der Waals surface area contributed by atoms with Crippen LogP contribution in [0, 0.1) is 0 Å². The number of methoxy groups -OCH3 is 1. The molecule has 0 aromatic carbocycles. The molecule has 0 bridgehead atoms. The molecule has 4 nitrogen and oxygen atoms in total. The third-order valence-electron chi connectivity index (χ3n) is 1.54. The molecular weight excluding hydrogens is 170 g/mol. The molecule has 0 radical (unpaired) electrons. The van der Waals surface area contributed by atoms with Gasteiger partial charge < -0.3 is 15.2 Å². The predicted octanol–water partition coefficient (Wildman–Crippen LogP) is 0.0745. The molecule has 0 saturated heterocycles. The fourth-order valence-electron chi connectivity index (χ4n) is 0.998. The molecule has 0 aliphatic rings. The lowest BCUT2D eigenvalue weighted by atomic mass is 10.1. The second-order valence-electron chi connectivity index (χ2n) is 2.78. The van der Waals surface area contributed by atoms with E-state index in [0.29, 0.717) is 6.61 Å². The normalized spacial score (nSPS) is 15.7. The van der Waals surface area contributed by atoms with Crippen molar-refractivity contribution in [2.24, 2.45) is 0 Å². The van der Waals surface area contributed by atoms with Crippen LogP contribution in [0.15, 0.2) is 12.2 Å². The van der Waals surface area contributed by atoms with Crippen LogP contribution in [-0.4, -0.2) is 36.9 Å². The van der Waals surface area contributed by atoms with Crippen molar-refractivity contribution in [2.75, 3.05) is 13.7 Å². The second kappa shape index (κ2) is 6.62. The van der Waals surface area contributed by atoms with Gasteiger partial charge in [-0.3, -0.25) is 4.79 Å². The maximum absolute atomic E-state index is 10.7. The lowest BCUT2D eigenvalue weighted by Gasteiger charge is -2.20. The van der Waals surface area contributed by atoms with E-state index in [-0.39, 0.29) is 11.9 Å². The molecular formula is C9H17NO3. The number of carbonyl (C=O) groups excluding carboxylic acids is 1. The zero-order valence-electron chi connectivity index (χ0n) is 8.28. The highest BCUT2D eigenvalue weighted by Crippen LogP contribution is 1.96. The van der Waals surface area contributed by atoms with E-state index in [0.717, 1.165) is 0 Å². The summed E-state index contributed by atoms with van der Waals surface area (Å²) in [5, 5.41) is 12.1. The smallest absolute Gasteiger partial charge is 0.217 e. The van der Waals surface area contributed by atoms with Crippen LogP contribution in [0.4, 0.5) is 0 Å². The summed E-state index contributed by atoms with van der Waals surface area (Å²) in [6.07, 6.45) is 2.64. The monoisotopic (exact) mass is 187 g/mol. The van der Waals surface area contributed by atoms with Gasteiger partial charge in [0.15, 0.2) is 0 Å². The molecule has 0 rings (SSSR count). The minimum Gasteiger partial charge on any atom is -0.387 e. The molecule has 0 heterocycles. The first kappa shape index (κ1) is 12.1. The minimum atomic E-state index is -0.700. The van der Waals surface area contributed by atoms with Crippen molar-refractivity contribution in [1.82, 2.24) is 5.32 Å². The van der Waals surface area contributed by atoms with Crippen LogP contribution < -0.4 is 5.32 Å². The first-order chi connectivity index (χ1) is 6.11. The summed E-state index contributed by atoms with van der Waals surface area (Å²) in [6.45, 7) is 3.51. The first-order valence-electron chi connectivity index (χ1n) is 4.18. The minimum absolute atomic E-state index is 0.175. The van der Waals surface area contributed by atoms with Crippen molar-refractivity contribution in [3.63, 3.8) is 0 Å². The van der Waals surface area contributed by atoms with Crippen LogP contribution in [0.25, 0.3) is 0 Å². The highest BCUT2D eigenvalue weighted by molar-refractivity contribution is 5.73. The maximum Gasteiger partial charge on any atom is 0.217 e. The van der Waals surface area contributed by atoms with Gasteiger partial charge in [0.25, 0.3) is 0 Å². The predicted molar refractivity (Wildman–Crippen MR) is 50.3 cm³/mol. The summed E-state index contributed by atoms with van der Waals surface area (Å²) in [7, 11) is 1.52. The van der Waals surface area contributed by atoms with E-state index in [4.69, 9.17) is 4.74 Å². The Morgan fingerprint density at radius 1 is 1.69 bits per heavy atom. The zero-order valence-corrected chi connectivity index (χ0v) is 8.28. The molecule has 0 saturated carbocycles. The van der Waals surface area contributed by atoms with Crippen LogP contribution in [0.2, 0.25) is 0 Å². The molecule has 0 spiro atoms. The Bertz CT molecular complexity index is 180. The molecule has 76 valence electrons. The van der Waals surface area contributed by atoms with Crippen LogP contribution in [0.1, 0.15) is 13.8 Å². The van der Waals surface area contributed by atoms with Gasteiger partial charge in [-0.25, -0.2) is 0 Å². The lowest BCUT2D eigenvalue weighted by Crippen LogP contribution is -2.44. The highest BCUT2D eigenvalue weighted by atomic mass is 16.5. The topological polar surface area (TPSA) is 58.6 Å². The molecule has 2 unspecified atom stereocenters. The van der Waals surface area contributed by atoms with E-state index in [2.05, 4.69) is 5.32 Å². The Labute approximate surface area is 78.6 Å². The number of rotatable bonds is 5. The lowest BCUT2D eigenvalue weighted by molar-refractivity contribution is -0.120. The highest BCUT2D eigenvalue weighted by Gasteiger charge is 2.16. The van der Waals surface area contributed by atoms with Crippen LogP contribution >= 0.6 is 0 Å². The van der Waals surface area contributed by atoms with E-state index < -0.39 is 6.10 Å². The summed E-state index contributed by atoms with van der Waals surface area (Å²) in [5.41, 5.74) is 0.